The molecular weight excluding hydrogens is 148 g/mol. The zero-order chi connectivity index (χ0) is 7.40. The van der Waals surface area contributed by atoms with Crippen LogP contribution < -0.4 is 16.5 Å². The molecule has 56 valence electrons. The Kier molecular flexibility index (Phi) is 2.58. The highest BCUT2D eigenvalue weighted by atomic mass is 32.1. The van der Waals surface area contributed by atoms with Crippen LogP contribution in [-0.2, 0) is 0 Å². The number of nitrogens with zero attached hydrogens (tertiary/aromatic N) is 1. The van der Waals surface area contributed by atoms with Crippen molar-refractivity contribution in [2.75, 3.05) is 13.1 Å². The minimum Gasteiger partial charge on any atom is -0.375 e. The fourth-order valence-corrected chi connectivity index (χ4v) is 0.829. The molecule has 10 heavy (non-hydrogen) atoms. The molecule has 0 radical (unpaired) electrons. The van der Waals surface area contributed by atoms with Crippen LogP contribution in [0.3, 0.4) is 0 Å². The van der Waals surface area contributed by atoms with Crippen molar-refractivity contribution < 1.29 is 0 Å². The molecule has 4 nitrogen and oxygen atoms in total. The van der Waals surface area contributed by atoms with Crippen molar-refractivity contribution in [2.24, 2.45) is 10.8 Å². The second kappa shape index (κ2) is 3.48. The third-order valence-electron chi connectivity index (χ3n) is 1.24. The Labute approximate surface area is 64.9 Å². The number of nitrogens with one attached hydrogen (secondary N) is 2. The van der Waals surface area contributed by atoms with Crippen LogP contribution >= 0.6 is 12.2 Å². The van der Waals surface area contributed by atoms with Gasteiger partial charge in [-0.2, -0.15) is 5.10 Å². The Morgan fingerprint density at radius 1 is 1.80 bits per heavy atom. The number of hydrogen-bond acceptors (Lipinski definition) is 3. The fourth-order valence-electron chi connectivity index (χ4n) is 0.783. The largest absolute Gasteiger partial charge is 0.375 e. The number of hydrogen-bond donors (Lipinski definition) is 3. The first kappa shape index (κ1) is 7.43. The maximum atomic E-state index is 5.16. The van der Waals surface area contributed by atoms with E-state index in [1.807, 2.05) is 0 Å². The smallest absolute Gasteiger partial charge is 0.184 e. The lowest BCUT2D eigenvalue weighted by atomic mass is 10.3. The summed E-state index contributed by atoms with van der Waals surface area (Å²) in [5.41, 5.74) is 8.78. The van der Waals surface area contributed by atoms with E-state index >= 15 is 0 Å². The first-order valence-corrected chi connectivity index (χ1v) is 3.51. The summed E-state index contributed by atoms with van der Waals surface area (Å²) >= 11 is 4.57. The van der Waals surface area contributed by atoms with Gasteiger partial charge in [0.15, 0.2) is 5.11 Å². The van der Waals surface area contributed by atoms with Crippen molar-refractivity contribution in [1.29, 1.82) is 0 Å². The van der Waals surface area contributed by atoms with Crippen LogP contribution in [0.5, 0.6) is 0 Å². The molecule has 0 spiro atoms. The summed E-state index contributed by atoms with van der Waals surface area (Å²) < 4.78 is 0. The quantitative estimate of drug-likeness (QED) is 0.344. The lowest BCUT2D eigenvalue weighted by Crippen LogP contribution is -2.25. The highest BCUT2D eigenvalue weighted by Gasteiger charge is 2.05. The highest BCUT2D eigenvalue weighted by Crippen LogP contribution is 1.90. The molecule has 0 aromatic rings. The van der Waals surface area contributed by atoms with E-state index in [1.165, 1.54) is 0 Å². The Hall–Kier alpha value is -0.680. The Balaban J connectivity index is 2.31. The topological polar surface area (TPSA) is 62.4 Å². The van der Waals surface area contributed by atoms with Crippen LogP contribution in [0, 0.1) is 0 Å². The Bertz CT molecular complexity index is 157. The molecule has 1 aliphatic rings. The van der Waals surface area contributed by atoms with E-state index in [2.05, 4.69) is 28.1 Å². The third kappa shape index (κ3) is 2.28. The monoisotopic (exact) mass is 158 g/mol. The normalized spacial score (nSPS) is 21.4. The second-order valence-corrected chi connectivity index (χ2v) is 2.52. The average Bonchev–Trinajstić information content (AvgIpc) is 2.34. The zero-order valence-electron chi connectivity index (χ0n) is 5.55. The molecule has 1 aliphatic heterocycles. The number of hydrazone groups is 1. The molecule has 0 atom stereocenters. The minimum absolute atomic E-state index is 0.222. The Morgan fingerprint density at radius 2 is 2.60 bits per heavy atom. The van der Waals surface area contributed by atoms with Gasteiger partial charge in [-0.05, 0) is 12.2 Å². The SMILES string of the molecule is NC(=S)N/N=C1/CCNC1. The molecule has 1 saturated heterocycles. The molecule has 5 heteroatoms. The summed E-state index contributed by atoms with van der Waals surface area (Å²) in [4.78, 5) is 0. The second-order valence-electron chi connectivity index (χ2n) is 2.08. The van der Waals surface area contributed by atoms with Gasteiger partial charge < -0.3 is 11.1 Å². The molecular formula is C5H10N4S. The first-order chi connectivity index (χ1) is 4.79. The Morgan fingerprint density at radius 3 is 3.10 bits per heavy atom. The molecule has 1 heterocycles. The van der Waals surface area contributed by atoms with E-state index < -0.39 is 0 Å². The van der Waals surface area contributed by atoms with Gasteiger partial charge in [0.1, 0.15) is 0 Å². The summed E-state index contributed by atoms with van der Waals surface area (Å²) in [6.07, 6.45) is 0.982. The highest BCUT2D eigenvalue weighted by molar-refractivity contribution is 7.80. The van der Waals surface area contributed by atoms with E-state index in [-0.39, 0.29) is 5.11 Å². The molecule has 0 aliphatic carbocycles. The summed E-state index contributed by atoms with van der Waals surface area (Å²) in [6.45, 7) is 1.84. The summed E-state index contributed by atoms with van der Waals surface area (Å²) in [7, 11) is 0. The van der Waals surface area contributed by atoms with Crippen molar-refractivity contribution in [2.45, 2.75) is 6.42 Å². The van der Waals surface area contributed by atoms with Gasteiger partial charge in [-0.3, -0.25) is 5.43 Å². The molecule has 0 aromatic carbocycles. The van der Waals surface area contributed by atoms with Gasteiger partial charge >= 0.3 is 0 Å². The average molecular weight is 158 g/mol. The molecule has 0 saturated carbocycles. The van der Waals surface area contributed by atoms with Crippen LogP contribution in [0.25, 0.3) is 0 Å². The van der Waals surface area contributed by atoms with Crippen LogP contribution in [0.15, 0.2) is 5.10 Å². The van der Waals surface area contributed by atoms with Crippen molar-refractivity contribution in [3.05, 3.63) is 0 Å². The van der Waals surface area contributed by atoms with E-state index in [0.29, 0.717) is 0 Å². The summed E-state index contributed by atoms with van der Waals surface area (Å²) in [5, 5.41) is 7.32. The van der Waals surface area contributed by atoms with E-state index in [9.17, 15) is 0 Å². The van der Waals surface area contributed by atoms with Gasteiger partial charge in [-0.25, -0.2) is 0 Å². The van der Waals surface area contributed by atoms with Crippen LogP contribution in [-0.4, -0.2) is 23.9 Å². The van der Waals surface area contributed by atoms with E-state index in [1.54, 1.807) is 0 Å². The first-order valence-electron chi connectivity index (χ1n) is 3.10. The molecule has 1 rings (SSSR count). The van der Waals surface area contributed by atoms with E-state index in [0.717, 1.165) is 25.2 Å². The number of rotatable bonds is 1. The molecule has 4 N–H and O–H groups in total. The molecule has 0 unspecified atom stereocenters. The maximum absolute atomic E-state index is 5.16. The lowest BCUT2D eigenvalue weighted by Gasteiger charge is -1.95. The molecule has 0 amide bonds. The predicted molar refractivity (Wildman–Crippen MR) is 44.8 cm³/mol. The molecule has 0 bridgehead atoms. The van der Waals surface area contributed by atoms with E-state index in [4.69, 9.17) is 5.73 Å². The molecule has 1 fully saturated rings. The van der Waals surface area contributed by atoms with Crippen molar-refractivity contribution in [3.8, 4) is 0 Å². The standard InChI is InChI=1S/C5H10N4S/c6-5(10)9-8-4-1-2-7-3-4/h7H,1-3H2,(H3,6,9,10)/b8-4-. The van der Waals surface area contributed by atoms with Crippen molar-refractivity contribution >= 4 is 23.0 Å². The minimum atomic E-state index is 0.222. The van der Waals surface area contributed by atoms with Gasteiger partial charge in [0.05, 0.1) is 5.71 Å². The van der Waals surface area contributed by atoms with Gasteiger partial charge in [0.2, 0.25) is 0 Å². The number of nitrogens with two attached hydrogens (primary N) is 1. The summed E-state index contributed by atoms with van der Waals surface area (Å²) in [5.74, 6) is 0. The zero-order valence-corrected chi connectivity index (χ0v) is 6.37. The van der Waals surface area contributed by atoms with Crippen LogP contribution in [0.2, 0.25) is 0 Å². The third-order valence-corrected chi connectivity index (χ3v) is 1.33. The van der Waals surface area contributed by atoms with Gasteiger partial charge in [-0.1, -0.05) is 0 Å². The number of thiocarbonyl (C=S) groups is 1. The van der Waals surface area contributed by atoms with Gasteiger partial charge in [0.25, 0.3) is 0 Å². The predicted octanol–water partition coefficient (Wildman–Crippen LogP) is -0.831. The lowest BCUT2D eigenvalue weighted by molar-refractivity contribution is 0.863. The maximum Gasteiger partial charge on any atom is 0.184 e. The summed E-state index contributed by atoms with van der Waals surface area (Å²) in [6, 6.07) is 0. The fraction of sp³-hybridized carbons (Fsp3) is 0.600. The van der Waals surface area contributed by atoms with Crippen LogP contribution in [0.1, 0.15) is 6.42 Å². The van der Waals surface area contributed by atoms with Crippen LogP contribution in [0.4, 0.5) is 0 Å². The van der Waals surface area contributed by atoms with Gasteiger partial charge in [0, 0.05) is 19.5 Å². The van der Waals surface area contributed by atoms with Gasteiger partial charge in [-0.15, -0.1) is 0 Å². The van der Waals surface area contributed by atoms with Crippen molar-refractivity contribution in [1.82, 2.24) is 10.7 Å². The van der Waals surface area contributed by atoms with Crippen molar-refractivity contribution in [3.63, 3.8) is 0 Å². The molecule has 0 aromatic heterocycles.